The highest BCUT2D eigenvalue weighted by atomic mass is 16.4. The van der Waals surface area contributed by atoms with E-state index in [0.29, 0.717) is 6.54 Å². The van der Waals surface area contributed by atoms with Crippen LogP contribution in [0.3, 0.4) is 0 Å². The molecule has 1 saturated heterocycles. The molecule has 0 radical (unpaired) electrons. The number of likely N-dealkylation sites (N-methyl/N-ethyl adjacent to an activating group) is 1. The van der Waals surface area contributed by atoms with Gasteiger partial charge in [0.1, 0.15) is 0 Å². The average Bonchev–Trinajstić information content (AvgIpc) is 2.87. The Bertz CT molecular complexity index is 625. The molecule has 1 aromatic rings. The van der Waals surface area contributed by atoms with Gasteiger partial charge in [-0.1, -0.05) is 32.0 Å². The number of rotatable bonds is 8. The number of carboxylic acids is 1. The van der Waals surface area contributed by atoms with Gasteiger partial charge in [0.2, 0.25) is 5.91 Å². The minimum Gasteiger partial charge on any atom is -0.480 e. The maximum Gasteiger partial charge on any atom is 0.317 e. The second kappa shape index (κ2) is 10.4. The van der Waals surface area contributed by atoms with Crippen LogP contribution in [0.1, 0.15) is 44.2 Å². The standard InChI is InChI=1S/C21H33N3O3/c1-4-16-8-6-9-17(5-2)21(16)22-19(25)14-24-12-7-10-18(11-13-24)23(3)15-20(26)27/h6,8-9,18H,4-5,7,10-15H2,1-3H3,(H,22,25)(H,26,27). The molecule has 0 bridgehead atoms. The van der Waals surface area contributed by atoms with Crippen molar-refractivity contribution in [2.45, 2.75) is 52.0 Å². The molecule has 1 unspecified atom stereocenters. The van der Waals surface area contributed by atoms with Crippen molar-refractivity contribution in [3.05, 3.63) is 29.3 Å². The zero-order valence-corrected chi connectivity index (χ0v) is 16.8. The van der Waals surface area contributed by atoms with Crippen molar-refractivity contribution in [1.82, 2.24) is 9.80 Å². The molecule has 0 aromatic heterocycles. The highest BCUT2D eigenvalue weighted by Crippen LogP contribution is 2.23. The lowest BCUT2D eigenvalue weighted by Crippen LogP contribution is -2.37. The Balaban J connectivity index is 1.92. The first kappa shape index (κ1) is 21.4. The third-order valence-corrected chi connectivity index (χ3v) is 5.43. The van der Waals surface area contributed by atoms with E-state index in [4.69, 9.17) is 5.11 Å². The maximum atomic E-state index is 12.6. The summed E-state index contributed by atoms with van der Waals surface area (Å²) in [7, 11) is 1.87. The number of nitrogens with zero attached hydrogens (tertiary/aromatic N) is 2. The van der Waals surface area contributed by atoms with Gasteiger partial charge < -0.3 is 10.4 Å². The number of carbonyl (C=O) groups excluding carboxylic acids is 1. The fourth-order valence-corrected chi connectivity index (χ4v) is 3.86. The maximum absolute atomic E-state index is 12.6. The molecular formula is C21H33N3O3. The fourth-order valence-electron chi connectivity index (χ4n) is 3.86. The summed E-state index contributed by atoms with van der Waals surface area (Å²) >= 11 is 0. The number of anilines is 1. The van der Waals surface area contributed by atoms with E-state index >= 15 is 0 Å². The van der Waals surface area contributed by atoms with Crippen LogP contribution >= 0.6 is 0 Å². The van der Waals surface area contributed by atoms with Crippen LogP contribution in [0.25, 0.3) is 0 Å². The van der Waals surface area contributed by atoms with Crippen LogP contribution in [0.5, 0.6) is 0 Å². The Labute approximate surface area is 162 Å². The van der Waals surface area contributed by atoms with Gasteiger partial charge in [0.25, 0.3) is 0 Å². The second-order valence-corrected chi connectivity index (χ2v) is 7.38. The van der Waals surface area contributed by atoms with E-state index in [0.717, 1.165) is 50.9 Å². The summed E-state index contributed by atoms with van der Waals surface area (Å²) < 4.78 is 0. The molecule has 1 fully saturated rings. The number of aryl methyl sites for hydroxylation is 2. The summed E-state index contributed by atoms with van der Waals surface area (Å²) in [4.78, 5) is 27.7. The number of carboxylic acid groups (broad SMARTS) is 1. The van der Waals surface area contributed by atoms with Gasteiger partial charge in [-0.15, -0.1) is 0 Å². The monoisotopic (exact) mass is 375 g/mol. The molecule has 6 nitrogen and oxygen atoms in total. The van der Waals surface area contributed by atoms with Gasteiger partial charge in [-0.25, -0.2) is 0 Å². The number of aliphatic carboxylic acids is 1. The normalized spacial score (nSPS) is 18.3. The second-order valence-electron chi connectivity index (χ2n) is 7.38. The lowest BCUT2D eigenvalue weighted by Gasteiger charge is -2.25. The summed E-state index contributed by atoms with van der Waals surface area (Å²) in [5.74, 6) is -0.762. The lowest BCUT2D eigenvalue weighted by atomic mass is 10.0. The van der Waals surface area contributed by atoms with Gasteiger partial charge in [0, 0.05) is 18.3 Å². The number of nitrogens with one attached hydrogen (secondary N) is 1. The van der Waals surface area contributed by atoms with Crippen molar-refractivity contribution < 1.29 is 14.7 Å². The van der Waals surface area contributed by atoms with Crippen LogP contribution in [0.15, 0.2) is 18.2 Å². The van der Waals surface area contributed by atoms with Crippen LogP contribution in [-0.2, 0) is 22.4 Å². The number of hydrogen-bond donors (Lipinski definition) is 2. The summed E-state index contributed by atoms with van der Waals surface area (Å²) in [5.41, 5.74) is 3.32. The molecule has 1 aliphatic heterocycles. The largest absolute Gasteiger partial charge is 0.480 e. The molecule has 27 heavy (non-hydrogen) atoms. The van der Waals surface area contributed by atoms with Crippen LogP contribution < -0.4 is 5.32 Å². The van der Waals surface area contributed by atoms with Crippen LogP contribution in [0.4, 0.5) is 5.69 Å². The summed E-state index contributed by atoms with van der Waals surface area (Å²) in [6, 6.07) is 6.46. The molecule has 6 heteroatoms. The zero-order chi connectivity index (χ0) is 19.8. The van der Waals surface area contributed by atoms with Gasteiger partial charge in [-0.05, 0) is 56.8 Å². The van der Waals surface area contributed by atoms with Crippen molar-refractivity contribution in [3.63, 3.8) is 0 Å². The van der Waals surface area contributed by atoms with Crippen LogP contribution in [-0.4, -0.2) is 66.1 Å². The number of carbonyl (C=O) groups is 2. The smallest absolute Gasteiger partial charge is 0.317 e. The predicted molar refractivity (Wildman–Crippen MR) is 108 cm³/mol. The lowest BCUT2D eigenvalue weighted by molar-refractivity contribution is -0.138. The van der Waals surface area contributed by atoms with Gasteiger partial charge in [-0.3, -0.25) is 19.4 Å². The van der Waals surface area contributed by atoms with Crippen LogP contribution in [0, 0.1) is 0 Å². The number of benzene rings is 1. The number of amides is 1. The average molecular weight is 376 g/mol. The highest BCUT2D eigenvalue weighted by molar-refractivity contribution is 5.93. The van der Waals surface area contributed by atoms with Gasteiger partial charge in [0.05, 0.1) is 13.1 Å². The van der Waals surface area contributed by atoms with Gasteiger partial charge >= 0.3 is 5.97 Å². The fraction of sp³-hybridized carbons (Fsp3) is 0.619. The number of hydrogen-bond acceptors (Lipinski definition) is 4. The Kier molecular flexibility index (Phi) is 8.25. The third kappa shape index (κ3) is 6.33. The predicted octanol–water partition coefficient (Wildman–Crippen LogP) is 2.62. The minimum absolute atomic E-state index is 0.0305. The van der Waals surface area contributed by atoms with Crippen molar-refractivity contribution in [1.29, 1.82) is 0 Å². The van der Waals surface area contributed by atoms with Crippen molar-refractivity contribution in [3.8, 4) is 0 Å². The summed E-state index contributed by atoms with van der Waals surface area (Å²) in [6.07, 6.45) is 4.63. The Morgan fingerprint density at radius 2 is 1.85 bits per heavy atom. The molecule has 1 aliphatic rings. The summed E-state index contributed by atoms with van der Waals surface area (Å²) in [5, 5.41) is 12.1. The Morgan fingerprint density at radius 3 is 2.44 bits per heavy atom. The van der Waals surface area contributed by atoms with E-state index < -0.39 is 5.97 Å². The number of likely N-dealkylation sites (tertiary alicyclic amines) is 1. The molecule has 1 atom stereocenters. The van der Waals surface area contributed by atoms with Gasteiger partial charge in [0.15, 0.2) is 0 Å². The molecular weight excluding hydrogens is 342 g/mol. The molecule has 2 rings (SSSR count). The first-order valence-corrected chi connectivity index (χ1v) is 9.99. The highest BCUT2D eigenvalue weighted by Gasteiger charge is 2.23. The SMILES string of the molecule is CCc1cccc(CC)c1NC(=O)CN1CCCC(N(C)CC(=O)O)CC1. The third-order valence-electron chi connectivity index (χ3n) is 5.43. The topological polar surface area (TPSA) is 72.9 Å². The molecule has 1 heterocycles. The minimum atomic E-state index is -0.792. The van der Waals surface area contributed by atoms with Crippen molar-refractivity contribution in [2.75, 3.05) is 38.5 Å². The van der Waals surface area contributed by atoms with Crippen LogP contribution in [0.2, 0.25) is 0 Å². The molecule has 0 aliphatic carbocycles. The van der Waals surface area contributed by atoms with E-state index in [-0.39, 0.29) is 18.5 Å². The quantitative estimate of drug-likeness (QED) is 0.731. The Morgan fingerprint density at radius 1 is 1.19 bits per heavy atom. The zero-order valence-electron chi connectivity index (χ0n) is 16.8. The molecule has 0 spiro atoms. The summed E-state index contributed by atoms with van der Waals surface area (Å²) in [6.45, 7) is 6.36. The van der Waals surface area contributed by atoms with Crippen molar-refractivity contribution >= 4 is 17.6 Å². The molecule has 2 N–H and O–H groups in total. The van der Waals surface area contributed by atoms with E-state index in [9.17, 15) is 9.59 Å². The first-order valence-electron chi connectivity index (χ1n) is 9.99. The molecule has 1 amide bonds. The first-order chi connectivity index (χ1) is 12.9. The van der Waals surface area contributed by atoms with E-state index in [2.05, 4.69) is 42.3 Å². The Hall–Kier alpha value is -1.92. The van der Waals surface area contributed by atoms with Gasteiger partial charge in [-0.2, -0.15) is 0 Å². The van der Waals surface area contributed by atoms with E-state index in [1.54, 1.807) is 0 Å². The van der Waals surface area contributed by atoms with E-state index in [1.807, 2.05) is 11.9 Å². The molecule has 0 saturated carbocycles. The van der Waals surface area contributed by atoms with Crippen molar-refractivity contribution in [2.24, 2.45) is 0 Å². The molecule has 1 aromatic carbocycles. The molecule has 150 valence electrons. The number of para-hydroxylation sites is 1. The van der Waals surface area contributed by atoms with E-state index in [1.165, 1.54) is 11.1 Å².